The van der Waals surface area contributed by atoms with E-state index in [1.165, 1.54) is 6.08 Å². The van der Waals surface area contributed by atoms with Crippen molar-refractivity contribution in [3.8, 4) is 5.75 Å². The first-order valence-corrected chi connectivity index (χ1v) is 6.23. The van der Waals surface area contributed by atoms with E-state index in [1.807, 2.05) is 38.1 Å². The van der Waals surface area contributed by atoms with Crippen LogP contribution in [-0.4, -0.2) is 18.7 Å². The van der Waals surface area contributed by atoms with Crippen LogP contribution in [0.1, 0.15) is 32.8 Å². The van der Waals surface area contributed by atoms with Gasteiger partial charge in [-0.2, -0.15) is 0 Å². The second-order valence-electron chi connectivity index (χ2n) is 4.24. The van der Waals surface area contributed by atoms with Gasteiger partial charge < -0.3 is 9.47 Å². The zero-order valence-electron chi connectivity index (χ0n) is 11.2. The van der Waals surface area contributed by atoms with Gasteiger partial charge in [-0.15, -0.1) is 0 Å². The molecule has 0 fully saturated rings. The number of carbonyl (C=O) groups is 1. The first kappa shape index (κ1) is 14.3. The van der Waals surface area contributed by atoms with Gasteiger partial charge in [0.05, 0.1) is 12.7 Å². The fraction of sp³-hybridized carbons (Fsp3) is 0.400. The summed E-state index contributed by atoms with van der Waals surface area (Å²) in [5.74, 6) is 0.487. The van der Waals surface area contributed by atoms with Crippen LogP contribution in [0.15, 0.2) is 30.3 Å². The minimum atomic E-state index is -0.329. The average Bonchev–Trinajstić information content (AvgIpc) is 2.33. The summed E-state index contributed by atoms with van der Waals surface area (Å²) in [6.45, 7) is 6.41. The summed E-state index contributed by atoms with van der Waals surface area (Å²) in [6.07, 6.45) is 4.03. The first-order valence-electron chi connectivity index (χ1n) is 6.23. The van der Waals surface area contributed by atoms with Gasteiger partial charge in [0.1, 0.15) is 5.75 Å². The Kier molecular flexibility index (Phi) is 5.98. The van der Waals surface area contributed by atoms with Crippen LogP contribution >= 0.6 is 0 Å². The van der Waals surface area contributed by atoms with Gasteiger partial charge in [0.2, 0.25) is 0 Å². The lowest BCUT2D eigenvalue weighted by molar-refractivity contribution is -0.141. The van der Waals surface area contributed by atoms with Crippen LogP contribution in [0, 0.1) is 0 Å². The number of benzene rings is 1. The van der Waals surface area contributed by atoms with E-state index in [2.05, 4.69) is 6.92 Å². The molecule has 0 aliphatic rings. The fourth-order valence-corrected chi connectivity index (χ4v) is 1.36. The molecule has 0 heterocycles. The molecule has 0 bridgehead atoms. The molecule has 0 atom stereocenters. The van der Waals surface area contributed by atoms with Crippen LogP contribution in [0.2, 0.25) is 0 Å². The minimum Gasteiger partial charge on any atom is -0.494 e. The fourth-order valence-electron chi connectivity index (χ4n) is 1.36. The van der Waals surface area contributed by atoms with Crippen molar-refractivity contribution in [1.82, 2.24) is 0 Å². The van der Waals surface area contributed by atoms with Gasteiger partial charge in [-0.1, -0.05) is 19.1 Å². The quantitative estimate of drug-likeness (QED) is 0.571. The van der Waals surface area contributed by atoms with Crippen molar-refractivity contribution in [3.05, 3.63) is 35.9 Å². The molecular formula is C15H20O3. The Bertz CT molecular complexity index is 408. The van der Waals surface area contributed by atoms with Crippen molar-refractivity contribution < 1.29 is 14.3 Å². The Labute approximate surface area is 108 Å². The van der Waals surface area contributed by atoms with Gasteiger partial charge in [-0.05, 0) is 44.0 Å². The molecule has 3 nitrogen and oxygen atoms in total. The Balaban J connectivity index is 2.61. The first-order chi connectivity index (χ1) is 8.61. The smallest absolute Gasteiger partial charge is 0.331 e. The minimum absolute atomic E-state index is 0.0960. The maximum absolute atomic E-state index is 11.3. The van der Waals surface area contributed by atoms with E-state index in [9.17, 15) is 4.79 Å². The molecule has 0 aliphatic heterocycles. The van der Waals surface area contributed by atoms with Crippen LogP contribution in [0.25, 0.3) is 6.08 Å². The highest BCUT2D eigenvalue weighted by Crippen LogP contribution is 2.14. The summed E-state index contributed by atoms with van der Waals surface area (Å²) in [4.78, 5) is 11.3. The van der Waals surface area contributed by atoms with E-state index in [0.717, 1.165) is 17.7 Å². The molecule has 18 heavy (non-hydrogen) atoms. The maximum atomic E-state index is 11.3. The van der Waals surface area contributed by atoms with E-state index in [-0.39, 0.29) is 12.1 Å². The van der Waals surface area contributed by atoms with Crippen LogP contribution in [0.3, 0.4) is 0 Å². The number of hydrogen-bond acceptors (Lipinski definition) is 3. The number of esters is 1. The van der Waals surface area contributed by atoms with Crippen molar-refractivity contribution >= 4 is 12.0 Å². The molecule has 3 heteroatoms. The number of carbonyl (C=O) groups excluding carboxylic acids is 1. The third-order valence-corrected chi connectivity index (χ3v) is 2.09. The largest absolute Gasteiger partial charge is 0.494 e. The summed E-state index contributed by atoms with van der Waals surface area (Å²) in [5, 5.41) is 0. The highest BCUT2D eigenvalue weighted by atomic mass is 16.5. The molecule has 0 N–H and O–H groups in total. The lowest BCUT2D eigenvalue weighted by atomic mass is 10.2. The maximum Gasteiger partial charge on any atom is 0.331 e. The summed E-state index contributed by atoms with van der Waals surface area (Å²) in [6, 6.07) is 7.62. The molecule has 0 unspecified atom stereocenters. The molecule has 1 aromatic rings. The Morgan fingerprint density at radius 2 is 2.17 bits per heavy atom. The van der Waals surface area contributed by atoms with E-state index in [4.69, 9.17) is 9.47 Å². The van der Waals surface area contributed by atoms with Crippen molar-refractivity contribution in [1.29, 1.82) is 0 Å². The zero-order chi connectivity index (χ0) is 13.4. The normalized spacial score (nSPS) is 10.9. The zero-order valence-corrected chi connectivity index (χ0v) is 11.2. The van der Waals surface area contributed by atoms with Crippen LogP contribution in [0.5, 0.6) is 5.75 Å². The topological polar surface area (TPSA) is 35.5 Å². The molecule has 0 saturated heterocycles. The highest BCUT2D eigenvalue weighted by Gasteiger charge is 2.00. The van der Waals surface area contributed by atoms with Crippen molar-refractivity contribution in [2.75, 3.05) is 6.61 Å². The Morgan fingerprint density at radius 1 is 1.39 bits per heavy atom. The molecule has 0 spiro atoms. The lowest BCUT2D eigenvalue weighted by Gasteiger charge is -2.05. The molecule has 1 aromatic carbocycles. The van der Waals surface area contributed by atoms with Crippen molar-refractivity contribution in [2.45, 2.75) is 33.3 Å². The molecule has 0 amide bonds. The number of hydrogen-bond donors (Lipinski definition) is 0. The molecule has 0 saturated carbocycles. The highest BCUT2D eigenvalue weighted by molar-refractivity contribution is 5.87. The molecule has 98 valence electrons. The van der Waals surface area contributed by atoms with Crippen LogP contribution < -0.4 is 4.74 Å². The van der Waals surface area contributed by atoms with E-state index in [0.29, 0.717) is 6.61 Å². The van der Waals surface area contributed by atoms with Crippen LogP contribution in [0.4, 0.5) is 0 Å². The third kappa shape index (κ3) is 5.53. The SMILES string of the molecule is CCCOc1cccc(C=CC(=O)OC(C)C)c1. The van der Waals surface area contributed by atoms with Gasteiger partial charge in [-0.3, -0.25) is 0 Å². The van der Waals surface area contributed by atoms with Gasteiger partial charge in [0.25, 0.3) is 0 Å². The molecule has 0 radical (unpaired) electrons. The summed E-state index contributed by atoms with van der Waals surface area (Å²) in [7, 11) is 0. The molecule has 1 rings (SSSR count). The Morgan fingerprint density at radius 3 is 2.83 bits per heavy atom. The van der Waals surface area contributed by atoms with Gasteiger partial charge in [0, 0.05) is 6.08 Å². The predicted molar refractivity (Wildman–Crippen MR) is 72.5 cm³/mol. The van der Waals surface area contributed by atoms with Crippen LogP contribution in [-0.2, 0) is 9.53 Å². The number of ether oxygens (including phenoxy) is 2. The number of rotatable bonds is 6. The molecule has 0 aliphatic carbocycles. The third-order valence-electron chi connectivity index (χ3n) is 2.09. The second kappa shape index (κ2) is 7.54. The summed E-state index contributed by atoms with van der Waals surface area (Å²) < 4.78 is 10.5. The predicted octanol–water partition coefficient (Wildman–Crippen LogP) is 3.44. The summed E-state index contributed by atoms with van der Waals surface area (Å²) in [5.41, 5.74) is 0.921. The van der Waals surface area contributed by atoms with Gasteiger partial charge >= 0.3 is 5.97 Å². The van der Waals surface area contributed by atoms with E-state index < -0.39 is 0 Å². The lowest BCUT2D eigenvalue weighted by Crippen LogP contribution is -2.08. The molecular weight excluding hydrogens is 228 g/mol. The van der Waals surface area contributed by atoms with Gasteiger partial charge in [-0.25, -0.2) is 4.79 Å². The summed E-state index contributed by atoms with van der Waals surface area (Å²) >= 11 is 0. The molecule has 0 aromatic heterocycles. The van der Waals surface area contributed by atoms with Gasteiger partial charge in [0.15, 0.2) is 0 Å². The van der Waals surface area contributed by atoms with E-state index in [1.54, 1.807) is 6.08 Å². The monoisotopic (exact) mass is 248 g/mol. The van der Waals surface area contributed by atoms with Crippen molar-refractivity contribution in [2.24, 2.45) is 0 Å². The Hall–Kier alpha value is -1.77. The van der Waals surface area contributed by atoms with Crippen molar-refractivity contribution in [3.63, 3.8) is 0 Å². The van der Waals surface area contributed by atoms with E-state index >= 15 is 0 Å². The standard InChI is InChI=1S/C15H20O3/c1-4-10-17-14-7-5-6-13(11-14)8-9-15(16)18-12(2)3/h5-9,11-12H,4,10H2,1-3H3. The average molecular weight is 248 g/mol. The second-order valence-corrected chi connectivity index (χ2v) is 4.24.